The third-order valence-electron chi connectivity index (χ3n) is 10.8. The molecular weight excluding hydrogens is 781 g/mol. The number of rotatable bonds is 9. The number of azo groups is 2. The lowest BCUT2D eigenvalue weighted by atomic mass is 9.78. The number of carboxylic acids is 1. The number of carboxylic acid groups (broad SMARTS) is 1. The van der Waals surface area contributed by atoms with Gasteiger partial charge in [-0.2, -0.15) is 20.5 Å². The number of hydrogen-bond acceptors (Lipinski definition) is 9. The van der Waals surface area contributed by atoms with Crippen molar-refractivity contribution in [2.24, 2.45) is 20.5 Å². The number of carbonyl (C=O) groups is 4. The number of nitrogens with one attached hydrogen (secondary N) is 4. The maximum absolute atomic E-state index is 15.0. The minimum Gasteiger partial charge on any atom is -0.478 e. The van der Waals surface area contributed by atoms with Gasteiger partial charge in [0.1, 0.15) is 5.84 Å². The fraction of sp³-hybridized carbons (Fsp3) is 0. The van der Waals surface area contributed by atoms with Crippen molar-refractivity contribution >= 4 is 107 Å². The molecule has 0 fully saturated rings. The standard InChI is InChI=1S/C49H30N8O5/c50-45(51-27-17-21-31(22-18-27)56-54-29-11-3-1-4-12-29)42-38-34-16-8-10-26-9-7-15-33(37(26)34)35-25-36(49(61)62)40-41(39(35)38)43(48(60)53-46(40)58)44(42)47(59)52-28-19-23-32(24-20-28)57-55-30-13-5-2-6-14-30/h1-25H,(H2,50,51)(H,52,59)(H,61,62)(H,53,58,60). The van der Waals surface area contributed by atoms with Crippen molar-refractivity contribution in [3.05, 3.63) is 179 Å². The maximum Gasteiger partial charge on any atom is 0.336 e. The molecule has 13 nitrogen and oxygen atoms in total. The van der Waals surface area contributed by atoms with Crippen molar-refractivity contribution in [1.29, 1.82) is 5.41 Å². The number of amides is 3. The fourth-order valence-electron chi connectivity index (χ4n) is 8.13. The number of anilines is 2. The highest BCUT2D eigenvalue weighted by Gasteiger charge is 2.38. The van der Waals surface area contributed by atoms with Gasteiger partial charge in [0, 0.05) is 27.7 Å². The first-order valence-electron chi connectivity index (χ1n) is 19.4. The number of carbonyl (C=O) groups excluding carboxylic acids is 3. The van der Waals surface area contributed by atoms with Crippen molar-refractivity contribution in [1.82, 2.24) is 5.32 Å². The van der Waals surface area contributed by atoms with Gasteiger partial charge in [-0.15, -0.1) is 0 Å². The van der Waals surface area contributed by atoms with Crippen LogP contribution in [-0.2, 0) is 0 Å². The quantitative estimate of drug-likeness (QED) is 0.0240. The highest BCUT2D eigenvalue weighted by atomic mass is 16.4. The molecule has 9 aromatic carbocycles. The van der Waals surface area contributed by atoms with Gasteiger partial charge in [-0.25, -0.2) is 4.79 Å². The van der Waals surface area contributed by atoms with Crippen LogP contribution in [0.1, 0.15) is 47.0 Å². The minimum atomic E-state index is -1.39. The number of aromatic carboxylic acids is 1. The Morgan fingerprint density at radius 1 is 0.500 bits per heavy atom. The Balaban J connectivity index is 1.18. The first-order chi connectivity index (χ1) is 30.2. The van der Waals surface area contributed by atoms with Crippen LogP contribution in [0.15, 0.2) is 172 Å². The van der Waals surface area contributed by atoms with E-state index in [2.05, 4.69) is 36.4 Å². The van der Waals surface area contributed by atoms with Gasteiger partial charge >= 0.3 is 5.97 Å². The second kappa shape index (κ2) is 15.0. The number of benzene rings is 9. The molecule has 0 spiro atoms. The monoisotopic (exact) mass is 810 g/mol. The van der Waals surface area contributed by atoms with Crippen molar-refractivity contribution in [2.75, 3.05) is 10.6 Å². The van der Waals surface area contributed by atoms with E-state index in [0.717, 1.165) is 10.8 Å². The average molecular weight is 811 g/mol. The van der Waals surface area contributed by atoms with Crippen LogP contribution >= 0.6 is 0 Å². The molecule has 9 aromatic rings. The lowest BCUT2D eigenvalue weighted by Gasteiger charge is -2.27. The lowest BCUT2D eigenvalue weighted by Crippen LogP contribution is -2.38. The Hall–Kier alpha value is -8.97. The molecular formula is C49H30N8O5. The van der Waals surface area contributed by atoms with Crippen molar-refractivity contribution in [2.45, 2.75) is 0 Å². The number of amidine groups is 1. The Bertz CT molecular complexity index is 3400. The van der Waals surface area contributed by atoms with E-state index in [0.29, 0.717) is 61.1 Å². The number of nitrogens with zero attached hydrogens (tertiary/aromatic N) is 4. The van der Waals surface area contributed by atoms with Crippen LogP contribution in [0.5, 0.6) is 0 Å². The molecule has 0 saturated carbocycles. The molecule has 0 unspecified atom stereocenters. The number of hydrogen-bond donors (Lipinski definition) is 5. The molecule has 0 saturated heterocycles. The van der Waals surface area contributed by atoms with E-state index in [1.54, 1.807) is 48.5 Å². The van der Waals surface area contributed by atoms with Gasteiger partial charge in [0.05, 0.1) is 45.0 Å². The van der Waals surface area contributed by atoms with Crippen LogP contribution in [0.25, 0.3) is 43.1 Å². The predicted molar refractivity (Wildman–Crippen MR) is 239 cm³/mol. The zero-order valence-electron chi connectivity index (χ0n) is 32.3. The van der Waals surface area contributed by atoms with E-state index in [1.807, 2.05) is 97.1 Å². The maximum atomic E-state index is 15.0. The van der Waals surface area contributed by atoms with Crippen LogP contribution in [0.4, 0.5) is 34.1 Å². The zero-order valence-corrected chi connectivity index (χ0v) is 32.3. The number of fused-ring (bicyclic) bond motifs is 2. The van der Waals surface area contributed by atoms with Gasteiger partial charge in [0.15, 0.2) is 0 Å². The summed E-state index contributed by atoms with van der Waals surface area (Å²) in [7, 11) is 0. The zero-order chi connectivity index (χ0) is 42.5. The SMILES string of the molecule is N=C(Nc1ccc(N=Nc2ccccc2)cc1)c1c(C(=O)Nc2ccc(N=Nc3ccccc3)cc2)c2c3c(c(C(=O)O)cc4c5cccc6cccc(c1c34)c65)C(=O)NC2=O. The van der Waals surface area contributed by atoms with Gasteiger partial charge in [0.25, 0.3) is 17.7 Å². The molecule has 3 amide bonds. The van der Waals surface area contributed by atoms with E-state index in [4.69, 9.17) is 0 Å². The topological polar surface area (TPSA) is 198 Å². The summed E-state index contributed by atoms with van der Waals surface area (Å²) in [5, 5.41) is 49.9. The normalized spacial score (nSPS) is 12.5. The van der Waals surface area contributed by atoms with E-state index in [-0.39, 0.29) is 39.0 Å². The van der Waals surface area contributed by atoms with Gasteiger partial charge in [-0.3, -0.25) is 25.1 Å². The Morgan fingerprint density at radius 2 is 1.02 bits per heavy atom. The third-order valence-corrected chi connectivity index (χ3v) is 10.8. The molecule has 0 atom stereocenters. The second-order valence-corrected chi connectivity index (χ2v) is 14.5. The fourth-order valence-corrected chi connectivity index (χ4v) is 8.13. The largest absolute Gasteiger partial charge is 0.478 e. The summed E-state index contributed by atoms with van der Waals surface area (Å²) < 4.78 is 0. The molecule has 10 rings (SSSR count). The molecule has 0 radical (unpaired) electrons. The second-order valence-electron chi connectivity index (χ2n) is 14.5. The van der Waals surface area contributed by atoms with Crippen molar-refractivity contribution < 1.29 is 24.3 Å². The van der Waals surface area contributed by atoms with Crippen LogP contribution in [-0.4, -0.2) is 34.6 Å². The summed E-state index contributed by atoms with van der Waals surface area (Å²) in [6, 6.07) is 44.6. The summed E-state index contributed by atoms with van der Waals surface area (Å²) >= 11 is 0. The van der Waals surface area contributed by atoms with Crippen LogP contribution in [0.3, 0.4) is 0 Å². The molecule has 1 aliphatic heterocycles. The molecule has 0 bridgehead atoms. The highest BCUT2D eigenvalue weighted by Crippen LogP contribution is 2.47. The molecule has 1 heterocycles. The Kier molecular flexibility index (Phi) is 9.03. The van der Waals surface area contributed by atoms with E-state index < -0.39 is 23.7 Å². The molecule has 5 N–H and O–H groups in total. The third kappa shape index (κ3) is 6.42. The summed E-state index contributed by atoms with van der Waals surface area (Å²) in [6.07, 6.45) is 0. The Labute approximate surface area is 351 Å². The molecule has 1 aliphatic rings. The smallest absolute Gasteiger partial charge is 0.336 e. The summed E-state index contributed by atoms with van der Waals surface area (Å²) in [5.41, 5.74) is 2.22. The van der Waals surface area contributed by atoms with E-state index in [9.17, 15) is 24.9 Å². The first kappa shape index (κ1) is 37.3. The van der Waals surface area contributed by atoms with Crippen LogP contribution in [0, 0.1) is 5.41 Å². The van der Waals surface area contributed by atoms with E-state index >= 15 is 4.79 Å². The molecule has 0 aromatic heterocycles. The molecule has 62 heavy (non-hydrogen) atoms. The summed E-state index contributed by atoms with van der Waals surface area (Å²) in [4.78, 5) is 56.0. The van der Waals surface area contributed by atoms with Gasteiger partial charge < -0.3 is 15.7 Å². The summed E-state index contributed by atoms with van der Waals surface area (Å²) in [6.45, 7) is 0. The first-order valence-corrected chi connectivity index (χ1v) is 19.4. The Morgan fingerprint density at radius 3 is 1.58 bits per heavy atom. The van der Waals surface area contributed by atoms with Gasteiger partial charge in [-0.1, -0.05) is 72.8 Å². The minimum absolute atomic E-state index is 0.0154. The van der Waals surface area contributed by atoms with Crippen molar-refractivity contribution in [3.63, 3.8) is 0 Å². The number of imide groups is 1. The molecule has 296 valence electrons. The average Bonchev–Trinajstić information content (AvgIpc) is 3.29. The van der Waals surface area contributed by atoms with E-state index in [1.165, 1.54) is 6.07 Å². The highest BCUT2D eigenvalue weighted by molar-refractivity contribution is 6.45. The van der Waals surface area contributed by atoms with Crippen molar-refractivity contribution in [3.8, 4) is 0 Å². The van der Waals surface area contributed by atoms with Gasteiger partial charge in [0.2, 0.25) is 0 Å². The van der Waals surface area contributed by atoms with Crippen LogP contribution < -0.4 is 16.0 Å². The molecule has 0 aliphatic carbocycles. The van der Waals surface area contributed by atoms with Gasteiger partial charge in [-0.05, 0) is 111 Å². The molecule has 13 heteroatoms. The predicted octanol–water partition coefficient (Wildman–Crippen LogP) is 11.8. The summed E-state index contributed by atoms with van der Waals surface area (Å²) in [5.74, 6) is -4.23. The van der Waals surface area contributed by atoms with Crippen LogP contribution in [0.2, 0.25) is 0 Å². The lowest BCUT2D eigenvalue weighted by molar-refractivity contribution is 0.0687.